The summed E-state index contributed by atoms with van der Waals surface area (Å²) in [6, 6.07) is 3.73. The van der Waals surface area contributed by atoms with Crippen LogP contribution in [0, 0.1) is 11.6 Å². The van der Waals surface area contributed by atoms with Crippen LogP contribution in [0.4, 0.5) is 8.78 Å². The van der Waals surface area contributed by atoms with Crippen LogP contribution in [0.15, 0.2) is 18.2 Å². The molecule has 1 aromatic carbocycles. The number of nitrogens with zero attached hydrogens (tertiary/aromatic N) is 1. The summed E-state index contributed by atoms with van der Waals surface area (Å²) in [4.78, 5) is 2.35. The lowest BCUT2D eigenvalue weighted by Gasteiger charge is -2.24. The summed E-state index contributed by atoms with van der Waals surface area (Å²) in [5.74, 6) is -1.04. The van der Waals surface area contributed by atoms with E-state index in [9.17, 15) is 8.78 Å². The van der Waals surface area contributed by atoms with Crippen molar-refractivity contribution in [1.29, 1.82) is 0 Å². The maximum absolute atomic E-state index is 13.4. The number of halogens is 2. The van der Waals surface area contributed by atoms with Crippen LogP contribution in [0.3, 0.4) is 0 Å². The molecular weight excluding hydrogens is 274 g/mol. The van der Waals surface area contributed by atoms with Gasteiger partial charge in [0.1, 0.15) is 11.6 Å². The molecule has 2 rings (SSSR count). The molecule has 1 atom stereocenters. The SMILES string of the molecule is CCNC(CCN1CCCOCC1)c1cc(F)cc(F)c1. The molecule has 0 amide bonds. The quantitative estimate of drug-likeness (QED) is 0.874. The van der Waals surface area contributed by atoms with Crippen LogP contribution in [-0.2, 0) is 4.74 Å². The smallest absolute Gasteiger partial charge is 0.126 e. The molecule has 1 heterocycles. The first-order valence-electron chi connectivity index (χ1n) is 7.68. The summed E-state index contributed by atoms with van der Waals surface area (Å²) in [6.07, 6.45) is 1.87. The molecule has 1 fully saturated rings. The number of rotatable bonds is 6. The third-order valence-corrected chi connectivity index (χ3v) is 3.79. The number of hydrogen-bond donors (Lipinski definition) is 1. The van der Waals surface area contributed by atoms with Gasteiger partial charge in [0, 0.05) is 38.3 Å². The minimum atomic E-state index is -0.518. The van der Waals surface area contributed by atoms with E-state index >= 15 is 0 Å². The zero-order valence-electron chi connectivity index (χ0n) is 12.6. The first-order chi connectivity index (χ1) is 10.2. The Kier molecular flexibility index (Phi) is 6.54. The first-order valence-corrected chi connectivity index (χ1v) is 7.68. The predicted octanol–water partition coefficient (Wildman–Crippen LogP) is 2.73. The second-order valence-electron chi connectivity index (χ2n) is 5.41. The molecule has 1 unspecified atom stereocenters. The lowest BCUT2D eigenvalue weighted by atomic mass is 10.0. The van der Waals surface area contributed by atoms with Gasteiger partial charge in [-0.25, -0.2) is 8.78 Å². The van der Waals surface area contributed by atoms with Crippen LogP contribution in [0.25, 0.3) is 0 Å². The van der Waals surface area contributed by atoms with Gasteiger partial charge in [0.05, 0.1) is 6.61 Å². The Balaban J connectivity index is 1.97. The molecule has 0 saturated carbocycles. The fourth-order valence-corrected chi connectivity index (χ4v) is 2.74. The van der Waals surface area contributed by atoms with Gasteiger partial charge in [0.15, 0.2) is 0 Å². The largest absolute Gasteiger partial charge is 0.380 e. The monoisotopic (exact) mass is 298 g/mol. The topological polar surface area (TPSA) is 24.5 Å². The average molecular weight is 298 g/mol. The fourth-order valence-electron chi connectivity index (χ4n) is 2.74. The lowest BCUT2D eigenvalue weighted by molar-refractivity contribution is 0.140. The Morgan fingerprint density at radius 1 is 1.19 bits per heavy atom. The van der Waals surface area contributed by atoms with Crippen molar-refractivity contribution in [3.63, 3.8) is 0 Å². The molecule has 0 bridgehead atoms. The van der Waals surface area contributed by atoms with E-state index in [1.165, 1.54) is 12.1 Å². The van der Waals surface area contributed by atoms with Gasteiger partial charge in [-0.05, 0) is 37.1 Å². The molecule has 1 aromatic rings. The molecule has 1 saturated heterocycles. The van der Waals surface area contributed by atoms with Crippen molar-refractivity contribution < 1.29 is 13.5 Å². The third kappa shape index (κ3) is 5.34. The Morgan fingerprint density at radius 2 is 1.95 bits per heavy atom. The van der Waals surface area contributed by atoms with Crippen LogP contribution in [0.5, 0.6) is 0 Å². The molecule has 0 aliphatic carbocycles. The zero-order chi connectivity index (χ0) is 15.1. The highest BCUT2D eigenvalue weighted by molar-refractivity contribution is 5.21. The van der Waals surface area contributed by atoms with E-state index in [2.05, 4.69) is 10.2 Å². The molecule has 1 N–H and O–H groups in total. The first kappa shape index (κ1) is 16.3. The lowest BCUT2D eigenvalue weighted by Crippen LogP contribution is -2.31. The van der Waals surface area contributed by atoms with Crippen LogP contribution >= 0.6 is 0 Å². The number of benzene rings is 1. The van der Waals surface area contributed by atoms with Crippen LogP contribution in [0.1, 0.15) is 31.4 Å². The molecule has 0 aromatic heterocycles. The Morgan fingerprint density at radius 3 is 2.67 bits per heavy atom. The number of ether oxygens (including phenoxy) is 1. The number of hydrogen-bond acceptors (Lipinski definition) is 3. The fraction of sp³-hybridized carbons (Fsp3) is 0.625. The maximum Gasteiger partial charge on any atom is 0.126 e. The molecule has 5 heteroatoms. The summed E-state index contributed by atoms with van der Waals surface area (Å²) in [5, 5.41) is 3.32. The highest BCUT2D eigenvalue weighted by Gasteiger charge is 2.16. The van der Waals surface area contributed by atoms with E-state index < -0.39 is 11.6 Å². The van der Waals surface area contributed by atoms with Gasteiger partial charge in [-0.15, -0.1) is 0 Å². The molecule has 118 valence electrons. The van der Waals surface area contributed by atoms with Crippen molar-refractivity contribution in [1.82, 2.24) is 10.2 Å². The van der Waals surface area contributed by atoms with Gasteiger partial charge < -0.3 is 15.0 Å². The van der Waals surface area contributed by atoms with Crippen LogP contribution in [-0.4, -0.2) is 44.3 Å². The molecule has 1 aliphatic heterocycles. The molecule has 0 spiro atoms. The molecule has 3 nitrogen and oxygen atoms in total. The third-order valence-electron chi connectivity index (χ3n) is 3.79. The molecule has 21 heavy (non-hydrogen) atoms. The predicted molar refractivity (Wildman–Crippen MR) is 79.3 cm³/mol. The Bertz CT molecular complexity index is 414. The van der Waals surface area contributed by atoms with Crippen LogP contribution in [0.2, 0.25) is 0 Å². The van der Waals surface area contributed by atoms with Gasteiger partial charge in [-0.3, -0.25) is 0 Å². The highest BCUT2D eigenvalue weighted by atomic mass is 19.1. The van der Waals surface area contributed by atoms with Crippen molar-refractivity contribution in [3.05, 3.63) is 35.4 Å². The standard InChI is InChI=1S/C16H24F2N2O/c1-2-19-16(13-10-14(17)12-15(18)11-13)4-6-20-5-3-8-21-9-7-20/h10-12,16,19H,2-9H2,1H3. The Hall–Kier alpha value is -1.04. The van der Waals surface area contributed by atoms with E-state index in [1.54, 1.807) is 0 Å². The van der Waals surface area contributed by atoms with E-state index in [-0.39, 0.29) is 6.04 Å². The van der Waals surface area contributed by atoms with E-state index in [4.69, 9.17) is 4.74 Å². The summed E-state index contributed by atoms with van der Waals surface area (Å²) in [6.45, 7) is 7.21. The van der Waals surface area contributed by atoms with Crippen LogP contribution < -0.4 is 5.32 Å². The van der Waals surface area contributed by atoms with Gasteiger partial charge in [-0.2, -0.15) is 0 Å². The maximum atomic E-state index is 13.4. The van der Waals surface area contributed by atoms with Gasteiger partial charge in [0.25, 0.3) is 0 Å². The normalized spacial score (nSPS) is 18.4. The van der Waals surface area contributed by atoms with Gasteiger partial charge in [0.2, 0.25) is 0 Å². The minimum Gasteiger partial charge on any atom is -0.380 e. The summed E-state index contributed by atoms with van der Waals surface area (Å²) in [7, 11) is 0. The molecule has 1 aliphatic rings. The Labute approximate surface area is 125 Å². The second-order valence-corrected chi connectivity index (χ2v) is 5.41. The zero-order valence-corrected chi connectivity index (χ0v) is 12.6. The van der Waals surface area contributed by atoms with E-state index in [0.29, 0.717) is 5.56 Å². The van der Waals surface area contributed by atoms with Crippen molar-refractivity contribution in [3.8, 4) is 0 Å². The molecular formula is C16H24F2N2O. The van der Waals surface area contributed by atoms with Crippen molar-refractivity contribution in [2.75, 3.05) is 39.4 Å². The van der Waals surface area contributed by atoms with Gasteiger partial charge >= 0.3 is 0 Å². The van der Waals surface area contributed by atoms with E-state index in [1.807, 2.05) is 6.92 Å². The summed E-state index contributed by atoms with van der Waals surface area (Å²) < 4.78 is 32.2. The van der Waals surface area contributed by atoms with Gasteiger partial charge in [-0.1, -0.05) is 6.92 Å². The summed E-state index contributed by atoms with van der Waals surface area (Å²) >= 11 is 0. The highest BCUT2D eigenvalue weighted by Crippen LogP contribution is 2.20. The minimum absolute atomic E-state index is 0.0237. The molecule has 0 radical (unpaired) electrons. The average Bonchev–Trinajstić information content (AvgIpc) is 2.71. The van der Waals surface area contributed by atoms with Crippen molar-refractivity contribution in [2.45, 2.75) is 25.8 Å². The summed E-state index contributed by atoms with van der Waals surface area (Å²) in [5.41, 5.74) is 0.681. The van der Waals surface area contributed by atoms with E-state index in [0.717, 1.165) is 58.3 Å². The van der Waals surface area contributed by atoms with Crippen molar-refractivity contribution in [2.24, 2.45) is 0 Å². The second kappa shape index (κ2) is 8.41. The number of nitrogens with one attached hydrogen (secondary N) is 1. The van der Waals surface area contributed by atoms with Crippen molar-refractivity contribution >= 4 is 0 Å².